The van der Waals surface area contributed by atoms with Crippen LogP contribution in [0.25, 0.3) is 0 Å². The molecule has 0 radical (unpaired) electrons. The summed E-state index contributed by atoms with van der Waals surface area (Å²) in [6.07, 6.45) is 0. The Hall–Kier alpha value is -1.04. The molecule has 0 aliphatic carbocycles. The summed E-state index contributed by atoms with van der Waals surface area (Å²) in [7, 11) is 3.30. The summed E-state index contributed by atoms with van der Waals surface area (Å²) in [5.74, 6) is 1.76. The molecule has 0 N–H and O–H groups in total. The minimum atomic E-state index is 0. The van der Waals surface area contributed by atoms with Crippen LogP contribution >= 0.6 is 0 Å². The van der Waals surface area contributed by atoms with Gasteiger partial charge in [-0.15, -0.1) is 24.3 Å². The Morgan fingerprint density at radius 3 is 1.18 bits per heavy atom. The second-order valence-electron chi connectivity index (χ2n) is 2.88. The minimum Gasteiger partial charge on any atom is -0.522 e. The molecule has 2 nitrogen and oxygen atoms in total. The Morgan fingerprint density at radius 2 is 1.00 bits per heavy atom. The Morgan fingerprint density at radius 1 is 0.706 bits per heavy atom. The zero-order valence-corrected chi connectivity index (χ0v) is 14.2. The summed E-state index contributed by atoms with van der Waals surface area (Å²) in [5, 5.41) is 0. The van der Waals surface area contributed by atoms with Crippen LogP contribution in [0.1, 0.15) is 0 Å². The first-order valence-corrected chi connectivity index (χ1v) is 4.87. The van der Waals surface area contributed by atoms with E-state index in [0.29, 0.717) is 0 Å². The minimum absolute atomic E-state index is 0. The van der Waals surface area contributed by atoms with E-state index in [1.54, 1.807) is 14.2 Å². The molecule has 2 aromatic rings. The van der Waals surface area contributed by atoms with Gasteiger partial charge in [0.15, 0.2) is 0 Å². The van der Waals surface area contributed by atoms with E-state index >= 15 is 0 Å². The molecule has 0 spiro atoms. The van der Waals surface area contributed by atoms with Crippen LogP contribution in [0.4, 0.5) is 0 Å². The van der Waals surface area contributed by atoms with Crippen LogP contribution in [0.15, 0.2) is 48.5 Å². The molecular formula is C14H14CdO2. The third kappa shape index (κ3) is 6.99. The summed E-state index contributed by atoms with van der Waals surface area (Å²) in [4.78, 5) is 0. The first kappa shape index (κ1) is 16.0. The van der Waals surface area contributed by atoms with E-state index in [4.69, 9.17) is 9.47 Å². The third-order valence-corrected chi connectivity index (χ3v) is 1.85. The molecule has 0 bridgehead atoms. The first-order valence-electron chi connectivity index (χ1n) is 4.87. The molecule has 84 valence electrons. The van der Waals surface area contributed by atoms with Crippen LogP contribution in [-0.2, 0) is 27.3 Å². The monoisotopic (exact) mass is 328 g/mol. The maximum absolute atomic E-state index is 4.89. The van der Waals surface area contributed by atoms with Crippen molar-refractivity contribution in [1.29, 1.82) is 0 Å². The molecule has 3 heteroatoms. The molecule has 2 aromatic carbocycles. The third-order valence-electron chi connectivity index (χ3n) is 1.85. The fraction of sp³-hybridized carbons (Fsp3) is 0.143. The molecule has 0 atom stereocenters. The van der Waals surface area contributed by atoms with E-state index < -0.39 is 0 Å². The predicted molar refractivity (Wildman–Crippen MR) is 63.7 cm³/mol. The molecule has 0 aliphatic heterocycles. The Bertz CT molecular complexity index is 336. The van der Waals surface area contributed by atoms with Crippen LogP contribution in [0.2, 0.25) is 0 Å². The van der Waals surface area contributed by atoms with E-state index in [1.807, 2.05) is 48.5 Å². The van der Waals surface area contributed by atoms with Gasteiger partial charge >= 0.3 is 27.3 Å². The van der Waals surface area contributed by atoms with Crippen molar-refractivity contribution in [2.45, 2.75) is 0 Å². The van der Waals surface area contributed by atoms with Gasteiger partial charge < -0.3 is 9.47 Å². The van der Waals surface area contributed by atoms with Crippen molar-refractivity contribution in [3.63, 3.8) is 0 Å². The number of rotatable bonds is 2. The van der Waals surface area contributed by atoms with Crippen molar-refractivity contribution in [2.24, 2.45) is 0 Å². The number of hydrogen-bond acceptors (Lipinski definition) is 2. The van der Waals surface area contributed by atoms with Gasteiger partial charge in [0.05, 0.1) is 14.2 Å². The maximum atomic E-state index is 4.89. The topological polar surface area (TPSA) is 18.5 Å². The van der Waals surface area contributed by atoms with Gasteiger partial charge in [-0.05, 0) is 0 Å². The summed E-state index contributed by atoms with van der Waals surface area (Å²) in [5.41, 5.74) is 0. The fourth-order valence-corrected chi connectivity index (χ4v) is 1.02. The molecule has 2 rings (SSSR count). The number of hydrogen-bond donors (Lipinski definition) is 0. The first-order chi connectivity index (χ1) is 7.86. The predicted octanol–water partition coefficient (Wildman–Crippen LogP) is 2.99. The molecule has 17 heavy (non-hydrogen) atoms. The molecule has 0 saturated carbocycles. The van der Waals surface area contributed by atoms with Crippen LogP contribution in [0.3, 0.4) is 0 Å². The van der Waals surface area contributed by atoms with Crippen molar-refractivity contribution in [2.75, 3.05) is 14.2 Å². The Labute approximate surface area is 123 Å². The van der Waals surface area contributed by atoms with E-state index in [1.165, 1.54) is 0 Å². The second kappa shape index (κ2) is 10.1. The Kier molecular flexibility index (Phi) is 9.52. The summed E-state index contributed by atoms with van der Waals surface area (Å²) >= 11 is 0. The number of benzene rings is 2. The molecule has 0 amide bonds. The van der Waals surface area contributed by atoms with Gasteiger partial charge in [0, 0.05) is 11.5 Å². The molecule has 0 heterocycles. The van der Waals surface area contributed by atoms with Crippen LogP contribution in [0, 0.1) is 12.1 Å². The van der Waals surface area contributed by atoms with Gasteiger partial charge in [-0.1, -0.05) is 0 Å². The molecule has 0 aromatic heterocycles. The van der Waals surface area contributed by atoms with Crippen molar-refractivity contribution < 1.29 is 36.8 Å². The molecular weight excluding hydrogens is 313 g/mol. The number of methoxy groups -OCH3 is 2. The van der Waals surface area contributed by atoms with Crippen molar-refractivity contribution in [1.82, 2.24) is 0 Å². The zero-order valence-electron chi connectivity index (χ0n) is 10.1. The normalized spacial score (nSPS) is 8.12. The van der Waals surface area contributed by atoms with Crippen LogP contribution in [-0.4, -0.2) is 14.2 Å². The maximum Gasteiger partial charge on any atom is 2.00 e. The molecule has 0 unspecified atom stereocenters. The van der Waals surface area contributed by atoms with E-state index in [-0.39, 0.29) is 27.3 Å². The van der Waals surface area contributed by atoms with Crippen molar-refractivity contribution in [3.05, 3.63) is 60.7 Å². The summed E-state index contributed by atoms with van der Waals surface area (Å²) in [6, 6.07) is 20.5. The standard InChI is InChI=1S/2C7H7O.Cd/c2*1-8-7-5-3-2-4-6-7;/h2*3-6H,1H3;/q2*-1;+2. The summed E-state index contributed by atoms with van der Waals surface area (Å²) in [6.45, 7) is 0. The summed E-state index contributed by atoms with van der Waals surface area (Å²) < 4.78 is 9.79. The van der Waals surface area contributed by atoms with Gasteiger partial charge in [0.1, 0.15) is 0 Å². The van der Waals surface area contributed by atoms with Crippen molar-refractivity contribution in [3.8, 4) is 11.5 Å². The molecule has 0 saturated heterocycles. The SMILES string of the molecule is COc1cc[c-]cc1.COc1cc[c-]cc1.[Cd+2]. The quantitative estimate of drug-likeness (QED) is 0.624. The second-order valence-corrected chi connectivity index (χ2v) is 2.88. The Balaban J connectivity index is 0.000000284. The zero-order chi connectivity index (χ0) is 11.6. The number of ether oxygens (including phenoxy) is 2. The van der Waals surface area contributed by atoms with E-state index in [9.17, 15) is 0 Å². The van der Waals surface area contributed by atoms with Gasteiger partial charge in [-0.25, -0.2) is 0 Å². The van der Waals surface area contributed by atoms with Gasteiger partial charge in [0.25, 0.3) is 0 Å². The van der Waals surface area contributed by atoms with Crippen LogP contribution < -0.4 is 9.47 Å². The van der Waals surface area contributed by atoms with Gasteiger partial charge in [-0.3, -0.25) is 0 Å². The smallest absolute Gasteiger partial charge is 0.522 e. The van der Waals surface area contributed by atoms with Gasteiger partial charge in [-0.2, -0.15) is 36.4 Å². The molecule has 0 fully saturated rings. The van der Waals surface area contributed by atoms with E-state index in [2.05, 4.69) is 12.1 Å². The average Bonchev–Trinajstić information content (AvgIpc) is 2.41. The van der Waals surface area contributed by atoms with E-state index in [0.717, 1.165) is 11.5 Å². The fourth-order valence-electron chi connectivity index (χ4n) is 1.02. The average molecular weight is 327 g/mol. The van der Waals surface area contributed by atoms with Gasteiger partial charge in [0.2, 0.25) is 0 Å². The van der Waals surface area contributed by atoms with Crippen molar-refractivity contribution >= 4 is 0 Å². The largest absolute Gasteiger partial charge is 2.00 e. The molecule has 0 aliphatic rings. The van der Waals surface area contributed by atoms with Crippen LogP contribution in [0.5, 0.6) is 11.5 Å².